The van der Waals surface area contributed by atoms with Crippen LogP contribution in [0, 0.1) is 0 Å². The van der Waals surface area contributed by atoms with Gasteiger partial charge in [-0.3, -0.25) is 4.79 Å². The van der Waals surface area contributed by atoms with Crippen molar-refractivity contribution in [3.63, 3.8) is 0 Å². The van der Waals surface area contributed by atoms with Gasteiger partial charge in [0.25, 0.3) is 5.91 Å². The molecule has 3 rings (SSSR count). The van der Waals surface area contributed by atoms with E-state index in [0.717, 1.165) is 6.42 Å². The molecule has 2 aromatic carbocycles. The van der Waals surface area contributed by atoms with Crippen LogP contribution in [0.15, 0.2) is 58.8 Å². The number of thiophene rings is 1. The third-order valence-corrected chi connectivity index (χ3v) is 7.90. The van der Waals surface area contributed by atoms with Crippen molar-refractivity contribution in [2.24, 2.45) is 0 Å². The van der Waals surface area contributed by atoms with Crippen molar-refractivity contribution in [3.05, 3.63) is 74.4 Å². The van der Waals surface area contributed by atoms with Gasteiger partial charge < -0.3 is 13.8 Å². The minimum Gasteiger partial charge on any atom is -0.493 e. The van der Waals surface area contributed by atoms with Crippen molar-refractivity contribution in [2.75, 3.05) is 7.11 Å². The molecular weight excluding hydrogens is 505 g/mol. The van der Waals surface area contributed by atoms with Crippen LogP contribution in [0.2, 0.25) is 10.0 Å². The summed E-state index contributed by atoms with van der Waals surface area (Å²) >= 11 is 13.2. The molecule has 1 aromatic heterocycles. The number of hydrogen-bond acceptors (Lipinski definition) is 6. The second-order valence-corrected chi connectivity index (χ2v) is 10.6. The van der Waals surface area contributed by atoms with Crippen LogP contribution in [0.3, 0.4) is 0 Å². The first-order valence-corrected chi connectivity index (χ1v) is 13.1. The molecule has 10 heteroatoms. The van der Waals surface area contributed by atoms with E-state index in [0.29, 0.717) is 10.4 Å². The Morgan fingerprint density at radius 2 is 1.85 bits per heavy atom. The molecule has 0 saturated carbocycles. The van der Waals surface area contributed by atoms with Gasteiger partial charge in [-0.1, -0.05) is 42.3 Å². The number of amides is 1. The predicted octanol–water partition coefficient (Wildman–Crippen LogP) is 6.27. The maximum atomic E-state index is 13.1. The van der Waals surface area contributed by atoms with Crippen molar-refractivity contribution in [1.29, 1.82) is 0 Å². The van der Waals surface area contributed by atoms with Crippen LogP contribution in [-0.2, 0) is 16.7 Å². The highest BCUT2D eigenvalue weighted by molar-refractivity contribution is 7.87. The second kappa shape index (κ2) is 10.8. The molecular formula is C23H23Cl2NO5S2. The minimum atomic E-state index is -4.21. The van der Waals surface area contributed by atoms with Crippen LogP contribution in [0.25, 0.3) is 0 Å². The summed E-state index contributed by atoms with van der Waals surface area (Å²) < 4.78 is 36.4. The zero-order valence-electron chi connectivity index (χ0n) is 18.2. The first-order valence-electron chi connectivity index (χ1n) is 10.1. The SMILES string of the molecule is CC[C@H](C)N(Cc1ccc(OC)c(OS(=O)(=O)c2ccc(Cl)c(Cl)c2)c1)C(=O)c1cccs1. The molecule has 0 saturated heterocycles. The van der Waals surface area contributed by atoms with E-state index in [1.807, 2.05) is 25.3 Å². The van der Waals surface area contributed by atoms with E-state index in [1.165, 1.54) is 36.6 Å². The molecule has 176 valence electrons. The number of carbonyl (C=O) groups excluding carboxylic acids is 1. The lowest BCUT2D eigenvalue weighted by Crippen LogP contribution is -2.37. The topological polar surface area (TPSA) is 72.9 Å². The van der Waals surface area contributed by atoms with Gasteiger partial charge in [0.1, 0.15) is 4.90 Å². The number of halogens is 2. The Bertz CT molecular complexity index is 1230. The van der Waals surface area contributed by atoms with Gasteiger partial charge in [0.15, 0.2) is 11.5 Å². The number of methoxy groups -OCH3 is 1. The number of benzene rings is 2. The molecule has 33 heavy (non-hydrogen) atoms. The monoisotopic (exact) mass is 527 g/mol. The van der Waals surface area contributed by atoms with Crippen molar-refractivity contribution < 1.29 is 22.1 Å². The maximum absolute atomic E-state index is 13.1. The van der Waals surface area contributed by atoms with E-state index in [9.17, 15) is 13.2 Å². The molecule has 0 spiro atoms. The number of carbonyl (C=O) groups is 1. The van der Waals surface area contributed by atoms with Gasteiger partial charge >= 0.3 is 10.1 Å². The van der Waals surface area contributed by atoms with Gasteiger partial charge in [0.2, 0.25) is 0 Å². The molecule has 0 N–H and O–H groups in total. The summed E-state index contributed by atoms with van der Waals surface area (Å²) in [7, 11) is -2.79. The first-order chi connectivity index (χ1) is 15.7. The average Bonchev–Trinajstić information content (AvgIpc) is 3.33. The van der Waals surface area contributed by atoms with Crippen molar-refractivity contribution in [1.82, 2.24) is 4.90 Å². The van der Waals surface area contributed by atoms with Gasteiger partial charge in [-0.2, -0.15) is 8.42 Å². The molecule has 0 bridgehead atoms. The van der Waals surface area contributed by atoms with E-state index in [2.05, 4.69) is 0 Å². The van der Waals surface area contributed by atoms with Crippen LogP contribution in [0.4, 0.5) is 0 Å². The highest BCUT2D eigenvalue weighted by atomic mass is 35.5. The second-order valence-electron chi connectivity index (χ2n) is 7.27. The molecule has 0 aliphatic rings. The molecule has 0 aliphatic carbocycles. The molecule has 1 atom stereocenters. The third kappa shape index (κ3) is 6.00. The zero-order valence-corrected chi connectivity index (χ0v) is 21.4. The Morgan fingerprint density at radius 3 is 2.45 bits per heavy atom. The molecule has 0 fully saturated rings. The Kier molecular flexibility index (Phi) is 8.28. The van der Waals surface area contributed by atoms with Gasteiger partial charge in [0, 0.05) is 12.6 Å². The molecule has 1 amide bonds. The van der Waals surface area contributed by atoms with Gasteiger partial charge in [0.05, 0.1) is 22.0 Å². The highest BCUT2D eigenvalue weighted by Gasteiger charge is 2.24. The number of rotatable bonds is 9. The number of ether oxygens (including phenoxy) is 1. The molecule has 6 nitrogen and oxygen atoms in total. The summed E-state index contributed by atoms with van der Waals surface area (Å²) in [6.45, 7) is 4.26. The van der Waals surface area contributed by atoms with E-state index in [4.69, 9.17) is 32.1 Å². The van der Waals surface area contributed by atoms with E-state index in [-0.39, 0.29) is 44.9 Å². The lowest BCUT2D eigenvalue weighted by molar-refractivity contribution is 0.0676. The number of nitrogens with zero attached hydrogens (tertiary/aromatic N) is 1. The Morgan fingerprint density at radius 1 is 1.09 bits per heavy atom. The summed E-state index contributed by atoms with van der Waals surface area (Å²) in [4.78, 5) is 15.3. The van der Waals surface area contributed by atoms with E-state index < -0.39 is 10.1 Å². The summed E-state index contributed by atoms with van der Waals surface area (Å²) in [5.74, 6) is 0.164. The fourth-order valence-corrected chi connectivity index (χ4v) is 5.07. The molecule has 1 heterocycles. The minimum absolute atomic E-state index is 0.00810. The quantitative estimate of drug-likeness (QED) is 0.306. The average molecular weight is 528 g/mol. The van der Waals surface area contributed by atoms with Crippen molar-refractivity contribution in [2.45, 2.75) is 37.8 Å². The van der Waals surface area contributed by atoms with Crippen LogP contribution < -0.4 is 8.92 Å². The zero-order chi connectivity index (χ0) is 24.2. The fourth-order valence-electron chi connectivity index (χ4n) is 3.07. The van der Waals surface area contributed by atoms with Gasteiger partial charge in [-0.05, 0) is 60.7 Å². The normalized spacial score (nSPS) is 12.3. The third-order valence-electron chi connectivity index (χ3n) is 5.08. The largest absolute Gasteiger partial charge is 0.493 e. The maximum Gasteiger partial charge on any atom is 0.339 e. The van der Waals surface area contributed by atoms with Crippen LogP contribution >= 0.6 is 34.5 Å². The molecule has 0 radical (unpaired) electrons. The summed E-state index contributed by atoms with van der Waals surface area (Å²) in [6, 6.07) is 12.5. The lowest BCUT2D eigenvalue weighted by Gasteiger charge is -2.28. The Hall–Kier alpha value is -2.26. The molecule has 0 unspecified atom stereocenters. The Balaban J connectivity index is 1.92. The predicted molar refractivity (Wildman–Crippen MR) is 131 cm³/mol. The van der Waals surface area contributed by atoms with Crippen molar-refractivity contribution >= 4 is 50.6 Å². The molecule has 0 aliphatic heterocycles. The summed E-state index contributed by atoms with van der Waals surface area (Å²) in [6.07, 6.45) is 0.766. The fraction of sp³-hybridized carbons (Fsp3) is 0.261. The van der Waals surface area contributed by atoms with Crippen molar-refractivity contribution in [3.8, 4) is 11.5 Å². The van der Waals surface area contributed by atoms with Gasteiger partial charge in [-0.25, -0.2) is 0 Å². The highest BCUT2D eigenvalue weighted by Crippen LogP contribution is 2.33. The van der Waals surface area contributed by atoms with Crippen LogP contribution in [-0.4, -0.2) is 32.4 Å². The molecule has 3 aromatic rings. The van der Waals surface area contributed by atoms with E-state index >= 15 is 0 Å². The standard InChI is InChI=1S/C23H23Cl2NO5S2/c1-4-15(2)26(23(27)22-6-5-11-32-22)14-16-7-10-20(30-3)21(12-16)31-33(28,29)17-8-9-18(24)19(25)13-17/h5-13,15H,4,14H2,1-3H3/t15-/m0/s1. The van der Waals surface area contributed by atoms with Gasteiger partial charge in [-0.15, -0.1) is 11.3 Å². The summed E-state index contributed by atoms with van der Waals surface area (Å²) in [5, 5.41) is 2.18. The number of hydrogen-bond donors (Lipinski definition) is 0. The van der Waals surface area contributed by atoms with E-state index in [1.54, 1.807) is 29.2 Å². The Labute approximate surface area is 207 Å². The smallest absolute Gasteiger partial charge is 0.339 e. The first kappa shape index (κ1) is 25.4. The summed E-state index contributed by atoms with van der Waals surface area (Å²) in [5.41, 5.74) is 0.695. The van der Waals surface area contributed by atoms with Crippen LogP contribution in [0.1, 0.15) is 35.5 Å². The van der Waals surface area contributed by atoms with Crippen LogP contribution in [0.5, 0.6) is 11.5 Å². The lowest BCUT2D eigenvalue weighted by atomic mass is 10.1.